The van der Waals surface area contributed by atoms with Crippen molar-refractivity contribution >= 4 is 11.8 Å². The van der Waals surface area contributed by atoms with Gasteiger partial charge in [0.05, 0.1) is 12.2 Å². The molecule has 5 heteroatoms. The summed E-state index contributed by atoms with van der Waals surface area (Å²) in [5.74, 6) is 4.63. The average Bonchev–Trinajstić information content (AvgIpc) is 2.38. The Bertz CT molecular complexity index is 570. The third-order valence-corrected chi connectivity index (χ3v) is 2.65. The van der Waals surface area contributed by atoms with E-state index in [0.29, 0.717) is 17.5 Å². The number of primary amides is 1. The predicted molar refractivity (Wildman–Crippen MR) is 75.9 cm³/mol. The third kappa shape index (κ3) is 4.41. The molecule has 5 nitrogen and oxygen atoms in total. The van der Waals surface area contributed by atoms with Gasteiger partial charge in [-0.3, -0.25) is 9.59 Å². The standard InChI is InChI=1S/C15H18N2O3/c1-10-6-7-13(12(9-10)5-3-4-8-18)15(20)17-11(2)14(16)19/h6-7,9,11,18H,4,8H2,1-2H3,(H2,16,19)(H,17,20). The molecular weight excluding hydrogens is 256 g/mol. The fourth-order valence-corrected chi connectivity index (χ4v) is 1.52. The number of aliphatic hydroxyl groups excluding tert-OH is 1. The normalized spacial score (nSPS) is 11.2. The van der Waals surface area contributed by atoms with Gasteiger partial charge in [-0.05, 0) is 31.5 Å². The number of carbonyl (C=O) groups is 2. The van der Waals surface area contributed by atoms with Crippen LogP contribution in [0.5, 0.6) is 0 Å². The number of hydrogen-bond acceptors (Lipinski definition) is 3. The van der Waals surface area contributed by atoms with Crippen molar-refractivity contribution in [2.45, 2.75) is 26.3 Å². The van der Waals surface area contributed by atoms with Crippen molar-refractivity contribution in [2.75, 3.05) is 6.61 Å². The maximum Gasteiger partial charge on any atom is 0.253 e. The summed E-state index contributed by atoms with van der Waals surface area (Å²) in [6.07, 6.45) is 0.340. The Morgan fingerprint density at radius 3 is 2.75 bits per heavy atom. The molecule has 2 amide bonds. The van der Waals surface area contributed by atoms with Crippen LogP contribution in [0.2, 0.25) is 0 Å². The van der Waals surface area contributed by atoms with E-state index < -0.39 is 17.9 Å². The molecule has 0 spiro atoms. The molecule has 0 aliphatic rings. The topological polar surface area (TPSA) is 92.4 Å². The number of benzene rings is 1. The van der Waals surface area contributed by atoms with Gasteiger partial charge in [0.1, 0.15) is 6.04 Å². The van der Waals surface area contributed by atoms with Gasteiger partial charge in [0.15, 0.2) is 0 Å². The highest BCUT2D eigenvalue weighted by atomic mass is 16.2. The first-order valence-electron chi connectivity index (χ1n) is 6.26. The van der Waals surface area contributed by atoms with Gasteiger partial charge in [-0.2, -0.15) is 0 Å². The number of carbonyl (C=O) groups excluding carboxylic acids is 2. The fourth-order valence-electron chi connectivity index (χ4n) is 1.52. The van der Waals surface area contributed by atoms with Gasteiger partial charge < -0.3 is 16.2 Å². The molecule has 0 aromatic heterocycles. The minimum absolute atomic E-state index is 0.0287. The van der Waals surface area contributed by atoms with Crippen LogP contribution in [0.3, 0.4) is 0 Å². The highest BCUT2D eigenvalue weighted by Crippen LogP contribution is 2.11. The molecule has 0 aliphatic carbocycles. The Hall–Kier alpha value is -2.32. The Kier molecular flexibility index (Phi) is 5.75. The van der Waals surface area contributed by atoms with Crippen molar-refractivity contribution in [3.05, 3.63) is 34.9 Å². The molecule has 1 aromatic rings. The number of aryl methyl sites for hydroxylation is 1. The van der Waals surface area contributed by atoms with Gasteiger partial charge in [-0.15, -0.1) is 0 Å². The summed E-state index contributed by atoms with van der Waals surface area (Å²) in [5, 5.41) is 11.2. The van der Waals surface area contributed by atoms with Crippen molar-refractivity contribution in [3.8, 4) is 11.8 Å². The van der Waals surface area contributed by atoms with Gasteiger partial charge in [-0.1, -0.05) is 17.9 Å². The van der Waals surface area contributed by atoms with Gasteiger partial charge in [0.25, 0.3) is 5.91 Å². The van der Waals surface area contributed by atoms with Crippen LogP contribution >= 0.6 is 0 Å². The lowest BCUT2D eigenvalue weighted by molar-refractivity contribution is -0.119. The van der Waals surface area contributed by atoms with Gasteiger partial charge in [0.2, 0.25) is 5.91 Å². The molecule has 1 aromatic carbocycles. The summed E-state index contributed by atoms with van der Waals surface area (Å²) in [6.45, 7) is 3.38. The van der Waals surface area contributed by atoms with Crippen molar-refractivity contribution < 1.29 is 14.7 Å². The molecule has 0 radical (unpaired) electrons. The van der Waals surface area contributed by atoms with Gasteiger partial charge in [0, 0.05) is 12.0 Å². The largest absolute Gasteiger partial charge is 0.395 e. The van der Waals surface area contributed by atoms with Crippen molar-refractivity contribution in [2.24, 2.45) is 5.73 Å². The highest BCUT2D eigenvalue weighted by Gasteiger charge is 2.16. The Morgan fingerprint density at radius 2 is 2.15 bits per heavy atom. The number of aliphatic hydroxyl groups is 1. The van der Waals surface area contributed by atoms with E-state index in [1.165, 1.54) is 6.92 Å². The first kappa shape index (κ1) is 15.7. The van der Waals surface area contributed by atoms with E-state index in [1.54, 1.807) is 18.2 Å². The molecule has 106 valence electrons. The second-order valence-electron chi connectivity index (χ2n) is 4.42. The van der Waals surface area contributed by atoms with E-state index in [9.17, 15) is 9.59 Å². The summed E-state index contributed by atoms with van der Waals surface area (Å²) >= 11 is 0. The van der Waals surface area contributed by atoms with Crippen LogP contribution in [0.1, 0.15) is 34.8 Å². The van der Waals surface area contributed by atoms with Crippen LogP contribution in [-0.2, 0) is 4.79 Å². The molecule has 0 fully saturated rings. The Balaban J connectivity index is 3.02. The van der Waals surface area contributed by atoms with E-state index in [-0.39, 0.29) is 6.61 Å². The molecule has 0 saturated heterocycles. The van der Waals surface area contributed by atoms with E-state index in [1.807, 2.05) is 6.92 Å². The summed E-state index contributed by atoms with van der Waals surface area (Å²) in [5.41, 5.74) is 7.03. The average molecular weight is 274 g/mol. The lowest BCUT2D eigenvalue weighted by Gasteiger charge is -2.11. The Morgan fingerprint density at radius 1 is 1.45 bits per heavy atom. The van der Waals surface area contributed by atoms with Crippen LogP contribution in [0.15, 0.2) is 18.2 Å². The molecule has 0 saturated carbocycles. The van der Waals surface area contributed by atoms with Gasteiger partial charge >= 0.3 is 0 Å². The molecule has 4 N–H and O–H groups in total. The number of hydrogen-bond donors (Lipinski definition) is 3. The fraction of sp³-hybridized carbons (Fsp3) is 0.333. The van der Waals surface area contributed by atoms with E-state index in [2.05, 4.69) is 17.2 Å². The van der Waals surface area contributed by atoms with Crippen LogP contribution in [0.4, 0.5) is 0 Å². The minimum atomic E-state index is -0.748. The van der Waals surface area contributed by atoms with Crippen LogP contribution < -0.4 is 11.1 Å². The molecule has 0 aliphatic heterocycles. The highest BCUT2D eigenvalue weighted by molar-refractivity contribution is 5.99. The molecule has 1 rings (SSSR count). The zero-order chi connectivity index (χ0) is 15.1. The zero-order valence-electron chi connectivity index (χ0n) is 11.6. The molecular formula is C15H18N2O3. The maximum atomic E-state index is 12.1. The molecule has 0 heterocycles. The van der Waals surface area contributed by atoms with Crippen molar-refractivity contribution in [3.63, 3.8) is 0 Å². The summed E-state index contributed by atoms with van der Waals surface area (Å²) < 4.78 is 0. The van der Waals surface area contributed by atoms with Crippen LogP contribution in [0, 0.1) is 18.8 Å². The van der Waals surface area contributed by atoms with Crippen molar-refractivity contribution in [1.82, 2.24) is 5.32 Å². The first-order chi connectivity index (χ1) is 9.45. The molecule has 0 bridgehead atoms. The number of amides is 2. The number of rotatable bonds is 4. The first-order valence-corrected chi connectivity index (χ1v) is 6.26. The quantitative estimate of drug-likeness (QED) is 0.691. The monoisotopic (exact) mass is 274 g/mol. The van der Waals surface area contributed by atoms with Crippen LogP contribution in [-0.4, -0.2) is 29.6 Å². The van der Waals surface area contributed by atoms with E-state index >= 15 is 0 Å². The van der Waals surface area contributed by atoms with E-state index in [0.717, 1.165) is 5.56 Å². The molecule has 1 unspecified atom stereocenters. The zero-order valence-corrected chi connectivity index (χ0v) is 11.6. The number of nitrogens with two attached hydrogens (primary N) is 1. The second-order valence-corrected chi connectivity index (χ2v) is 4.42. The SMILES string of the molecule is Cc1ccc(C(=O)NC(C)C(N)=O)c(C#CCCO)c1. The second kappa shape index (κ2) is 7.31. The summed E-state index contributed by atoms with van der Waals surface area (Å²) in [6, 6.07) is 4.48. The summed E-state index contributed by atoms with van der Waals surface area (Å²) in [4.78, 5) is 23.1. The number of nitrogens with one attached hydrogen (secondary N) is 1. The van der Waals surface area contributed by atoms with E-state index in [4.69, 9.17) is 10.8 Å². The predicted octanol–water partition coefficient (Wildman–Crippen LogP) is 0.333. The minimum Gasteiger partial charge on any atom is -0.395 e. The smallest absolute Gasteiger partial charge is 0.253 e. The Labute approximate surface area is 118 Å². The molecule has 1 atom stereocenters. The van der Waals surface area contributed by atoms with Gasteiger partial charge in [-0.25, -0.2) is 0 Å². The lowest BCUT2D eigenvalue weighted by Crippen LogP contribution is -2.42. The third-order valence-electron chi connectivity index (χ3n) is 2.65. The van der Waals surface area contributed by atoms with Crippen LogP contribution in [0.25, 0.3) is 0 Å². The molecule has 20 heavy (non-hydrogen) atoms. The maximum absolute atomic E-state index is 12.1. The van der Waals surface area contributed by atoms with Crippen molar-refractivity contribution in [1.29, 1.82) is 0 Å². The lowest BCUT2D eigenvalue weighted by atomic mass is 10.0. The summed E-state index contributed by atoms with van der Waals surface area (Å²) in [7, 11) is 0.